The molecule has 0 unspecified atom stereocenters. The Hall–Kier alpha value is -1.04. The van der Waals surface area contributed by atoms with Crippen LogP contribution in [-0.2, 0) is 11.3 Å². The molecule has 1 aromatic rings. The second kappa shape index (κ2) is 6.78. The van der Waals surface area contributed by atoms with Gasteiger partial charge in [0.05, 0.1) is 0 Å². The second-order valence-corrected chi connectivity index (χ2v) is 4.58. The summed E-state index contributed by atoms with van der Waals surface area (Å²) < 4.78 is 37.2. The minimum absolute atomic E-state index is 0.0216. The number of benzene rings is 1. The van der Waals surface area contributed by atoms with E-state index in [9.17, 15) is 18.0 Å². The first kappa shape index (κ1) is 15.0. The fraction of sp³-hybridized carbons (Fsp3) is 0.417. The van der Waals surface area contributed by atoms with E-state index in [-0.39, 0.29) is 13.0 Å². The van der Waals surface area contributed by atoms with E-state index in [1.807, 2.05) is 0 Å². The molecule has 0 aromatic heterocycles. The van der Waals surface area contributed by atoms with Crippen molar-refractivity contribution < 1.29 is 18.0 Å². The Morgan fingerprint density at radius 1 is 1.22 bits per heavy atom. The zero-order chi connectivity index (χ0) is 13.6. The zero-order valence-corrected chi connectivity index (χ0v) is 11.2. The van der Waals surface area contributed by atoms with Crippen LogP contribution in [0.4, 0.5) is 13.2 Å². The highest BCUT2D eigenvalue weighted by atomic mass is 79.9. The minimum Gasteiger partial charge on any atom is -0.329 e. The Kier molecular flexibility index (Phi) is 5.65. The lowest BCUT2D eigenvalue weighted by molar-refractivity contribution is -0.162. The monoisotopic (exact) mass is 323 g/mol. The van der Waals surface area contributed by atoms with E-state index in [1.54, 1.807) is 30.3 Å². The number of halogens is 4. The maximum atomic E-state index is 12.4. The number of alkyl halides is 4. The number of carbonyl (C=O) groups excluding carboxylic acids is 1. The molecule has 0 spiro atoms. The average Bonchev–Trinajstić information content (AvgIpc) is 2.28. The van der Waals surface area contributed by atoms with Gasteiger partial charge in [0.15, 0.2) is 0 Å². The predicted octanol–water partition coefficient (Wildman–Crippen LogP) is 3.36. The summed E-state index contributed by atoms with van der Waals surface area (Å²) in [7, 11) is 0. The molecular formula is C12H13BrF3NO. The van der Waals surface area contributed by atoms with Crippen molar-refractivity contribution in [3.8, 4) is 0 Å². The molecule has 0 aliphatic carbocycles. The summed E-state index contributed by atoms with van der Waals surface area (Å²) in [5, 5.41) is 0.356. The van der Waals surface area contributed by atoms with Gasteiger partial charge < -0.3 is 4.90 Å². The van der Waals surface area contributed by atoms with Crippen molar-refractivity contribution in [2.45, 2.75) is 19.1 Å². The maximum Gasteiger partial charge on any atom is 0.406 e. The molecule has 100 valence electrons. The van der Waals surface area contributed by atoms with Gasteiger partial charge in [0.2, 0.25) is 5.91 Å². The van der Waals surface area contributed by atoms with Crippen LogP contribution in [0.25, 0.3) is 0 Å². The summed E-state index contributed by atoms with van der Waals surface area (Å²) in [4.78, 5) is 12.5. The van der Waals surface area contributed by atoms with Crippen LogP contribution < -0.4 is 0 Å². The summed E-state index contributed by atoms with van der Waals surface area (Å²) in [6.07, 6.45) is -4.32. The van der Waals surface area contributed by atoms with Crippen LogP contribution in [0.1, 0.15) is 12.0 Å². The molecule has 0 radical (unpaired) electrons. The van der Waals surface area contributed by atoms with Gasteiger partial charge in [-0.05, 0) is 5.56 Å². The molecule has 1 amide bonds. The van der Waals surface area contributed by atoms with Crippen molar-refractivity contribution in [3.05, 3.63) is 35.9 Å². The Bertz CT molecular complexity index is 381. The lowest BCUT2D eigenvalue weighted by Crippen LogP contribution is -2.38. The Morgan fingerprint density at radius 3 is 2.33 bits per heavy atom. The number of nitrogens with zero attached hydrogens (tertiary/aromatic N) is 1. The van der Waals surface area contributed by atoms with Crippen LogP contribution in [0.15, 0.2) is 30.3 Å². The third-order valence-corrected chi connectivity index (χ3v) is 2.64. The van der Waals surface area contributed by atoms with E-state index in [1.165, 1.54) is 0 Å². The standard InChI is InChI=1S/C12H13BrF3NO/c13-7-6-11(18)17(9-12(14,15)16)8-10-4-2-1-3-5-10/h1-5H,6-9H2. The van der Waals surface area contributed by atoms with Crippen LogP contribution in [0.2, 0.25) is 0 Å². The largest absolute Gasteiger partial charge is 0.406 e. The first-order valence-electron chi connectivity index (χ1n) is 5.37. The van der Waals surface area contributed by atoms with Gasteiger partial charge in [-0.2, -0.15) is 13.2 Å². The van der Waals surface area contributed by atoms with E-state index in [0.717, 1.165) is 4.90 Å². The highest BCUT2D eigenvalue weighted by molar-refractivity contribution is 9.09. The minimum atomic E-state index is -4.38. The molecule has 0 saturated heterocycles. The molecule has 0 aliphatic heterocycles. The van der Waals surface area contributed by atoms with E-state index >= 15 is 0 Å². The Balaban J connectivity index is 2.74. The SMILES string of the molecule is O=C(CCBr)N(Cc1ccccc1)CC(F)(F)F. The normalized spacial score (nSPS) is 11.3. The third-order valence-electron chi connectivity index (χ3n) is 2.25. The second-order valence-electron chi connectivity index (χ2n) is 3.79. The molecular weight excluding hydrogens is 311 g/mol. The van der Waals surface area contributed by atoms with Gasteiger partial charge in [-0.25, -0.2) is 0 Å². The van der Waals surface area contributed by atoms with Crippen LogP contribution in [-0.4, -0.2) is 28.9 Å². The predicted molar refractivity (Wildman–Crippen MR) is 66.3 cm³/mol. The summed E-state index contributed by atoms with van der Waals surface area (Å²) in [5.41, 5.74) is 0.685. The van der Waals surface area contributed by atoms with Gasteiger partial charge in [0.1, 0.15) is 6.54 Å². The van der Waals surface area contributed by atoms with Crippen LogP contribution in [0.3, 0.4) is 0 Å². The third kappa shape index (κ3) is 5.53. The lowest BCUT2D eigenvalue weighted by Gasteiger charge is -2.23. The number of hydrogen-bond acceptors (Lipinski definition) is 1. The molecule has 0 heterocycles. The van der Waals surface area contributed by atoms with E-state index in [2.05, 4.69) is 15.9 Å². The smallest absolute Gasteiger partial charge is 0.329 e. The fourth-order valence-corrected chi connectivity index (χ4v) is 1.83. The molecule has 0 atom stereocenters. The van der Waals surface area contributed by atoms with Crippen LogP contribution >= 0.6 is 15.9 Å². The van der Waals surface area contributed by atoms with Gasteiger partial charge in [-0.15, -0.1) is 0 Å². The van der Waals surface area contributed by atoms with Gasteiger partial charge in [-0.1, -0.05) is 46.3 Å². The fourth-order valence-electron chi connectivity index (χ4n) is 1.49. The molecule has 18 heavy (non-hydrogen) atoms. The molecule has 6 heteroatoms. The summed E-state index contributed by atoms with van der Waals surface area (Å²) in [6.45, 7) is -1.24. The van der Waals surface area contributed by atoms with Crippen molar-refractivity contribution >= 4 is 21.8 Å². The molecule has 0 fully saturated rings. The Labute approximate surface area is 112 Å². The first-order chi connectivity index (χ1) is 8.42. The molecule has 1 rings (SSSR count). The highest BCUT2D eigenvalue weighted by Crippen LogP contribution is 2.19. The zero-order valence-electron chi connectivity index (χ0n) is 9.58. The van der Waals surface area contributed by atoms with Crippen molar-refractivity contribution in [3.63, 3.8) is 0 Å². The quantitative estimate of drug-likeness (QED) is 0.761. The van der Waals surface area contributed by atoms with Gasteiger partial charge in [0.25, 0.3) is 0 Å². The van der Waals surface area contributed by atoms with E-state index in [4.69, 9.17) is 0 Å². The maximum absolute atomic E-state index is 12.4. The first-order valence-corrected chi connectivity index (χ1v) is 6.49. The Morgan fingerprint density at radius 2 is 1.83 bits per heavy atom. The summed E-state index contributed by atoms with van der Waals surface area (Å²) in [6, 6.07) is 8.64. The molecule has 0 bridgehead atoms. The van der Waals surface area contributed by atoms with Crippen LogP contribution in [0, 0.1) is 0 Å². The number of hydrogen-bond donors (Lipinski definition) is 0. The van der Waals surface area contributed by atoms with Crippen molar-refractivity contribution in [2.24, 2.45) is 0 Å². The van der Waals surface area contributed by atoms with Crippen LogP contribution in [0.5, 0.6) is 0 Å². The topological polar surface area (TPSA) is 20.3 Å². The summed E-state index contributed by atoms with van der Waals surface area (Å²) >= 11 is 3.05. The average molecular weight is 324 g/mol. The molecule has 1 aromatic carbocycles. The molecule has 2 nitrogen and oxygen atoms in total. The lowest BCUT2D eigenvalue weighted by atomic mass is 10.2. The van der Waals surface area contributed by atoms with E-state index in [0.29, 0.717) is 10.9 Å². The number of carbonyl (C=O) groups is 1. The van der Waals surface area contributed by atoms with Gasteiger partial charge >= 0.3 is 6.18 Å². The van der Waals surface area contributed by atoms with E-state index < -0.39 is 18.6 Å². The molecule has 0 saturated carbocycles. The number of rotatable bonds is 5. The summed E-state index contributed by atoms with van der Waals surface area (Å²) in [5.74, 6) is -0.506. The number of amides is 1. The van der Waals surface area contributed by atoms with Crippen molar-refractivity contribution in [1.82, 2.24) is 4.90 Å². The van der Waals surface area contributed by atoms with Crippen molar-refractivity contribution in [1.29, 1.82) is 0 Å². The van der Waals surface area contributed by atoms with Gasteiger partial charge in [-0.3, -0.25) is 4.79 Å². The highest BCUT2D eigenvalue weighted by Gasteiger charge is 2.32. The van der Waals surface area contributed by atoms with Crippen molar-refractivity contribution in [2.75, 3.05) is 11.9 Å². The van der Waals surface area contributed by atoms with Gasteiger partial charge in [0, 0.05) is 18.3 Å². The molecule has 0 N–H and O–H groups in total. The molecule has 0 aliphatic rings.